The Bertz CT molecular complexity index is 202. The van der Waals surface area contributed by atoms with Crippen LogP contribution in [0.5, 0.6) is 0 Å². The van der Waals surface area contributed by atoms with Gasteiger partial charge in [0, 0.05) is 17.9 Å². The predicted octanol–water partition coefficient (Wildman–Crippen LogP) is 2.37. The highest BCUT2D eigenvalue weighted by molar-refractivity contribution is 5.84. The van der Waals surface area contributed by atoms with E-state index in [1.54, 1.807) is 0 Å². The smallest absolute Gasteiger partial charge is 0.140 e. The van der Waals surface area contributed by atoms with Crippen molar-refractivity contribution in [1.29, 1.82) is 0 Å². The van der Waals surface area contributed by atoms with E-state index in [0.717, 1.165) is 12.8 Å². The molecule has 0 heterocycles. The molecule has 1 fully saturated rings. The van der Waals surface area contributed by atoms with E-state index in [4.69, 9.17) is 5.73 Å². The average molecular weight is 197 g/mol. The van der Waals surface area contributed by atoms with E-state index in [9.17, 15) is 4.79 Å². The van der Waals surface area contributed by atoms with Crippen LogP contribution in [-0.4, -0.2) is 11.8 Å². The van der Waals surface area contributed by atoms with Crippen molar-refractivity contribution < 1.29 is 4.79 Å². The van der Waals surface area contributed by atoms with Crippen molar-refractivity contribution in [3.05, 3.63) is 0 Å². The van der Waals surface area contributed by atoms with E-state index in [1.165, 1.54) is 12.8 Å². The summed E-state index contributed by atoms with van der Waals surface area (Å²) in [7, 11) is 0. The van der Waals surface area contributed by atoms with Crippen molar-refractivity contribution in [2.24, 2.45) is 23.5 Å². The molecule has 0 aromatic carbocycles. The molecule has 1 aliphatic rings. The van der Waals surface area contributed by atoms with Gasteiger partial charge in [0.2, 0.25) is 0 Å². The van der Waals surface area contributed by atoms with Crippen molar-refractivity contribution in [3.8, 4) is 0 Å². The van der Waals surface area contributed by atoms with Gasteiger partial charge in [-0.2, -0.15) is 0 Å². The monoisotopic (exact) mass is 197 g/mol. The van der Waals surface area contributed by atoms with Crippen LogP contribution in [0.15, 0.2) is 0 Å². The maximum Gasteiger partial charge on any atom is 0.140 e. The van der Waals surface area contributed by atoms with Crippen LogP contribution in [0.1, 0.15) is 46.5 Å². The lowest BCUT2D eigenvalue weighted by molar-refractivity contribution is -0.131. The van der Waals surface area contributed by atoms with Gasteiger partial charge in [0.25, 0.3) is 0 Å². The lowest BCUT2D eigenvalue weighted by Gasteiger charge is -2.42. The molecule has 82 valence electrons. The van der Waals surface area contributed by atoms with E-state index in [2.05, 4.69) is 13.8 Å². The van der Waals surface area contributed by atoms with Crippen LogP contribution >= 0.6 is 0 Å². The number of hydrogen-bond acceptors (Lipinski definition) is 2. The summed E-state index contributed by atoms with van der Waals surface area (Å²) in [6.45, 7) is 6.26. The molecule has 0 radical (unpaired) electrons. The topological polar surface area (TPSA) is 43.1 Å². The molecule has 1 rings (SSSR count). The van der Waals surface area contributed by atoms with Crippen LogP contribution < -0.4 is 5.73 Å². The molecule has 2 N–H and O–H groups in total. The highest BCUT2D eigenvalue weighted by Gasteiger charge is 2.42. The molecule has 1 saturated carbocycles. The molecule has 4 unspecified atom stereocenters. The molecule has 2 nitrogen and oxygen atoms in total. The highest BCUT2D eigenvalue weighted by Crippen LogP contribution is 2.38. The quantitative estimate of drug-likeness (QED) is 0.735. The first-order valence-corrected chi connectivity index (χ1v) is 5.91. The molecule has 14 heavy (non-hydrogen) atoms. The zero-order valence-corrected chi connectivity index (χ0v) is 9.62. The second-order valence-electron chi connectivity index (χ2n) is 4.68. The third-order valence-corrected chi connectivity index (χ3v) is 3.69. The van der Waals surface area contributed by atoms with Crippen molar-refractivity contribution >= 4 is 5.78 Å². The summed E-state index contributed by atoms with van der Waals surface area (Å²) >= 11 is 0. The van der Waals surface area contributed by atoms with E-state index in [1.807, 2.05) is 6.92 Å². The van der Waals surface area contributed by atoms with Crippen LogP contribution in [0.2, 0.25) is 0 Å². The fourth-order valence-corrected chi connectivity index (χ4v) is 2.33. The molecule has 0 spiro atoms. The van der Waals surface area contributed by atoms with E-state index in [0.29, 0.717) is 11.7 Å². The van der Waals surface area contributed by atoms with Crippen molar-refractivity contribution in [1.82, 2.24) is 0 Å². The third kappa shape index (κ3) is 2.17. The van der Waals surface area contributed by atoms with Gasteiger partial charge in [-0.25, -0.2) is 0 Å². The number of nitrogens with two attached hydrogens (primary N) is 1. The van der Waals surface area contributed by atoms with Gasteiger partial charge in [0.15, 0.2) is 0 Å². The molecule has 2 heteroatoms. The maximum atomic E-state index is 11.8. The Morgan fingerprint density at radius 1 is 1.50 bits per heavy atom. The third-order valence-electron chi connectivity index (χ3n) is 3.69. The largest absolute Gasteiger partial charge is 0.327 e. The fourth-order valence-electron chi connectivity index (χ4n) is 2.33. The van der Waals surface area contributed by atoms with Crippen LogP contribution in [0.25, 0.3) is 0 Å². The normalized spacial score (nSPS) is 33.6. The maximum absolute atomic E-state index is 11.8. The van der Waals surface area contributed by atoms with Crippen molar-refractivity contribution in [2.45, 2.75) is 52.5 Å². The van der Waals surface area contributed by atoms with Crippen LogP contribution in [0.4, 0.5) is 0 Å². The van der Waals surface area contributed by atoms with Gasteiger partial charge >= 0.3 is 0 Å². The van der Waals surface area contributed by atoms with Gasteiger partial charge in [-0.1, -0.05) is 27.2 Å². The van der Waals surface area contributed by atoms with Gasteiger partial charge in [0.05, 0.1) is 0 Å². The van der Waals surface area contributed by atoms with Gasteiger partial charge in [-0.3, -0.25) is 4.79 Å². The summed E-state index contributed by atoms with van der Waals surface area (Å²) < 4.78 is 0. The van der Waals surface area contributed by atoms with Gasteiger partial charge in [0.1, 0.15) is 5.78 Å². The Labute approximate surface area is 87.2 Å². The summed E-state index contributed by atoms with van der Waals surface area (Å²) in [6, 6.07) is 0.149. The van der Waals surface area contributed by atoms with Gasteiger partial charge in [-0.05, 0) is 25.2 Å². The Morgan fingerprint density at radius 2 is 2.14 bits per heavy atom. The number of Topliss-reactive ketones (excluding diaryl/α,β-unsaturated/α-hetero) is 1. The molecular formula is C12H23NO. The van der Waals surface area contributed by atoms with Gasteiger partial charge in [-0.15, -0.1) is 0 Å². The first kappa shape index (κ1) is 11.7. The van der Waals surface area contributed by atoms with Crippen molar-refractivity contribution in [3.63, 3.8) is 0 Å². The average Bonchev–Trinajstić information content (AvgIpc) is 2.20. The first-order valence-electron chi connectivity index (χ1n) is 5.91. The minimum Gasteiger partial charge on any atom is -0.327 e. The first-order chi connectivity index (χ1) is 6.61. The summed E-state index contributed by atoms with van der Waals surface area (Å²) in [5, 5.41) is 0. The van der Waals surface area contributed by atoms with Crippen LogP contribution in [0, 0.1) is 17.8 Å². The zero-order chi connectivity index (χ0) is 10.7. The van der Waals surface area contributed by atoms with E-state index in [-0.39, 0.29) is 17.9 Å². The summed E-state index contributed by atoms with van der Waals surface area (Å²) in [6.07, 6.45) is 4.35. The minimum absolute atomic E-state index is 0.149. The number of rotatable bonds is 5. The van der Waals surface area contributed by atoms with Gasteiger partial charge < -0.3 is 5.73 Å². The Hall–Kier alpha value is -0.370. The standard InChI is InChI=1S/C12H23NO/c1-4-6-9-7-10(11(9)13)12(14)8(3)5-2/h8-11H,4-7,13H2,1-3H3. The molecule has 4 atom stereocenters. The number of ketones is 1. The summed E-state index contributed by atoms with van der Waals surface area (Å²) in [5.41, 5.74) is 6.03. The van der Waals surface area contributed by atoms with Crippen LogP contribution in [0.3, 0.4) is 0 Å². The number of carbonyl (C=O) groups is 1. The SMILES string of the molecule is CCCC1CC(C(=O)C(C)CC)C1N. The van der Waals surface area contributed by atoms with Crippen molar-refractivity contribution in [2.75, 3.05) is 0 Å². The molecule has 0 saturated heterocycles. The Kier molecular flexibility index (Phi) is 4.11. The predicted molar refractivity (Wildman–Crippen MR) is 58.9 cm³/mol. The van der Waals surface area contributed by atoms with Crippen LogP contribution in [-0.2, 0) is 4.79 Å². The fraction of sp³-hybridized carbons (Fsp3) is 0.917. The number of hydrogen-bond donors (Lipinski definition) is 1. The zero-order valence-electron chi connectivity index (χ0n) is 9.62. The molecular weight excluding hydrogens is 174 g/mol. The second-order valence-corrected chi connectivity index (χ2v) is 4.68. The number of carbonyl (C=O) groups excluding carboxylic acids is 1. The summed E-state index contributed by atoms with van der Waals surface area (Å²) in [5.74, 6) is 1.38. The highest BCUT2D eigenvalue weighted by atomic mass is 16.1. The molecule has 0 bridgehead atoms. The summed E-state index contributed by atoms with van der Waals surface area (Å²) in [4.78, 5) is 11.8. The molecule has 0 aromatic rings. The lowest BCUT2D eigenvalue weighted by atomic mass is 9.65. The second kappa shape index (κ2) is 4.92. The Morgan fingerprint density at radius 3 is 2.57 bits per heavy atom. The lowest BCUT2D eigenvalue weighted by Crippen LogP contribution is -2.53. The molecule has 0 amide bonds. The van der Waals surface area contributed by atoms with E-state index >= 15 is 0 Å². The Balaban J connectivity index is 2.40. The minimum atomic E-state index is 0.149. The molecule has 1 aliphatic carbocycles. The molecule has 0 aromatic heterocycles. The van der Waals surface area contributed by atoms with E-state index < -0.39 is 0 Å². The molecule has 0 aliphatic heterocycles.